The van der Waals surface area contributed by atoms with Gasteiger partial charge in [0, 0.05) is 11.8 Å². The summed E-state index contributed by atoms with van der Waals surface area (Å²) < 4.78 is 5.34. The van der Waals surface area contributed by atoms with E-state index in [1.165, 1.54) is 0 Å². The van der Waals surface area contributed by atoms with Gasteiger partial charge in [-0.3, -0.25) is 9.78 Å². The normalized spacial score (nSPS) is 17.4. The average Bonchev–Trinajstić information content (AvgIpc) is 3.07. The van der Waals surface area contributed by atoms with Crippen LogP contribution in [-0.2, 0) is 4.74 Å². The molecule has 0 unspecified atom stereocenters. The summed E-state index contributed by atoms with van der Waals surface area (Å²) in [6, 6.07) is 3.40. The Labute approximate surface area is 115 Å². The van der Waals surface area contributed by atoms with Gasteiger partial charge in [0.25, 0.3) is 5.91 Å². The lowest BCUT2D eigenvalue weighted by atomic mass is 10.1. The maximum atomic E-state index is 12.4. The van der Waals surface area contributed by atoms with Crippen LogP contribution in [0.1, 0.15) is 24.3 Å². The number of carbonyl (C=O) groups excluding carboxylic acids is 1. The number of aromatic nitrogens is 5. The number of hydrogen-bond donors (Lipinski definition) is 1. The molecule has 1 aliphatic rings. The molecule has 0 aliphatic carbocycles. The molecule has 8 heteroatoms. The molecule has 2 aromatic heterocycles. The van der Waals surface area contributed by atoms with Crippen molar-refractivity contribution in [3.63, 3.8) is 0 Å². The van der Waals surface area contributed by atoms with Crippen LogP contribution in [0.25, 0.3) is 11.4 Å². The maximum absolute atomic E-state index is 12.4. The topological polar surface area (TPSA) is 96.9 Å². The van der Waals surface area contributed by atoms with E-state index in [4.69, 9.17) is 4.74 Å². The number of rotatable bonds is 2. The number of ether oxygens (including phenoxy) is 1. The Bertz CT molecular complexity index is 607. The summed E-state index contributed by atoms with van der Waals surface area (Å²) in [6.45, 7) is 4.75. The number of pyridine rings is 1. The zero-order chi connectivity index (χ0) is 14.2. The fraction of sp³-hybridized carbons (Fsp3) is 0.417. The molecule has 1 fully saturated rings. The molecule has 3 heterocycles. The van der Waals surface area contributed by atoms with Crippen molar-refractivity contribution in [1.82, 2.24) is 30.5 Å². The summed E-state index contributed by atoms with van der Waals surface area (Å²) in [5, 5.41) is 13.6. The van der Waals surface area contributed by atoms with Gasteiger partial charge in [0.15, 0.2) is 0 Å². The molecule has 1 aliphatic heterocycles. The first-order valence-corrected chi connectivity index (χ1v) is 6.17. The van der Waals surface area contributed by atoms with Crippen molar-refractivity contribution in [3.05, 3.63) is 24.0 Å². The molecule has 0 atom stereocenters. The van der Waals surface area contributed by atoms with Gasteiger partial charge < -0.3 is 9.64 Å². The Morgan fingerprint density at radius 3 is 2.85 bits per heavy atom. The zero-order valence-corrected chi connectivity index (χ0v) is 11.2. The largest absolute Gasteiger partial charge is 0.359 e. The van der Waals surface area contributed by atoms with Crippen molar-refractivity contribution in [2.45, 2.75) is 19.4 Å². The molecular weight excluding hydrogens is 260 g/mol. The van der Waals surface area contributed by atoms with Crippen LogP contribution < -0.4 is 0 Å². The molecule has 0 saturated carbocycles. The first-order valence-electron chi connectivity index (χ1n) is 6.17. The summed E-state index contributed by atoms with van der Waals surface area (Å²) in [7, 11) is 0. The van der Waals surface area contributed by atoms with E-state index in [2.05, 4.69) is 25.6 Å². The predicted octanol–water partition coefficient (Wildman–Crippen LogP) is 0.470. The van der Waals surface area contributed by atoms with Crippen molar-refractivity contribution in [2.75, 3.05) is 13.3 Å². The Morgan fingerprint density at radius 2 is 2.30 bits per heavy atom. The molecule has 1 amide bonds. The minimum atomic E-state index is -0.314. The van der Waals surface area contributed by atoms with Crippen molar-refractivity contribution < 1.29 is 9.53 Å². The van der Waals surface area contributed by atoms with Crippen molar-refractivity contribution >= 4 is 5.91 Å². The molecule has 0 spiro atoms. The van der Waals surface area contributed by atoms with Crippen LogP contribution in [0.4, 0.5) is 0 Å². The molecule has 1 saturated heterocycles. The van der Waals surface area contributed by atoms with Crippen LogP contribution in [0.3, 0.4) is 0 Å². The first kappa shape index (κ1) is 12.7. The summed E-state index contributed by atoms with van der Waals surface area (Å²) in [5.74, 6) is 0.300. The van der Waals surface area contributed by atoms with Crippen molar-refractivity contribution in [2.24, 2.45) is 0 Å². The third kappa shape index (κ3) is 2.14. The highest BCUT2D eigenvalue weighted by molar-refractivity contribution is 5.93. The average molecular weight is 274 g/mol. The van der Waals surface area contributed by atoms with E-state index >= 15 is 0 Å². The van der Waals surface area contributed by atoms with Gasteiger partial charge in [-0.25, -0.2) is 0 Å². The Balaban J connectivity index is 1.83. The predicted molar refractivity (Wildman–Crippen MR) is 68.5 cm³/mol. The summed E-state index contributed by atoms with van der Waals surface area (Å²) in [4.78, 5) is 18.2. The minimum Gasteiger partial charge on any atom is -0.359 e. The van der Waals surface area contributed by atoms with Crippen molar-refractivity contribution in [3.8, 4) is 11.4 Å². The number of carbonyl (C=O) groups is 1. The van der Waals surface area contributed by atoms with Crippen molar-refractivity contribution in [1.29, 1.82) is 0 Å². The van der Waals surface area contributed by atoms with Gasteiger partial charge in [-0.1, -0.05) is 0 Å². The van der Waals surface area contributed by atoms with Gasteiger partial charge in [-0.05, 0) is 31.2 Å². The van der Waals surface area contributed by atoms with E-state index in [9.17, 15) is 4.79 Å². The van der Waals surface area contributed by atoms with Crippen LogP contribution in [0.5, 0.6) is 0 Å². The molecule has 2 aromatic rings. The highest BCUT2D eigenvalue weighted by atomic mass is 16.5. The van der Waals surface area contributed by atoms with Gasteiger partial charge in [-0.15, -0.1) is 10.2 Å². The smallest absolute Gasteiger partial charge is 0.274 e. The second-order valence-electron chi connectivity index (χ2n) is 5.19. The highest BCUT2D eigenvalue weighted by Gasteiger charge is 2.37. The van der Waals surface area contributed by atoms with Crippen LogP contribution in [0.2, 0.25) is 0 Å². The lowest BCUT2D eigenvalue weighted by molar-refractivity contribution is 0.0599. The summed E-state index contributed by atoms with van der Waals surface area (Å²) >= 11 is 0. The monoisotopic (exact) mass is 274 g/mol. The van der Waals surface area contributed by atoms with Crippen LogP contribution in [0, 0.1) is 0 Å². The number of H-pyrrole nitrogens is 1. The third-order valence-corrected chi connectivity index (χ3v) is 3.24. The number of tetrazole rings is 1. The molecule has 8 nitrogen and oxygen atoms in total. The molecule has 3 rings (SSSR count). The Kier molecular flexibility index (Phi) is 2.94. The lowest BCUT2D eigenvalue weighted by Gasteiger charge is -2.28. The molecule has 104 valence electrons. The number of nitrogens with one attached hydrogen (secondary N) is 1. The lowest BCUT2D eigenvalue weighted by Crippen LogP contribution is -2.44. The molecule has 0 bridgehead atoms. The molecule has 0 aromatic carbocycles. The molecular formula is C12H14N6O2. The van der Waals surface area contributed by atoms with Gasteiger partial charge in [0.1, 0.15) is 12.4 Å². The maximum Gasteiger partial charge on any atom is 0.274 e. The van der Waals surface area contributed by atoms with Crippen LogP contribution in [-0.4, -0.2) is 55.3 Å². The van der Waals surface area contributed by atoms with E-state index in [-0.39, 0.29) is 11.4 Å². The Morgan fingerprint density at radius 1 is 1.45 bits per heavy atom. The molecule has 20 heavy (non-hydrogen) atoms. The van der Waals surface area contributed by atoms with E-state index < -0.39 is 0 Å². The van der Waals surface area contributed by atoms with E-state index in [0.29, 0.717) is 30.4 Å². The quantitative estimate of drug-likeness (QED) is 0.855. The standard InChI is InChI=1S/C12H14N6O2/c1-12(2)6-20-7-18(12)11(19)9-4-3-8(5-13-9)10-14-16-17-15-10/h3-5H,6-7H2,1-2H3,(H,14,15,16,17). The van der Waals surface area contributed by atoms with E-state index in [1.54, 1.807) is 23.2 Å². The number of aromatic amines is 1. The minimum absolute atomic E-state index is 0.146. The molecule has 0 radical (unpaired) electrons. The fourth-order valence-corrected chi connectivity index (χ4v) is 2.05. The second-order valence-corrected chi connectivity index (χ2v) is 5.19. The van der Waals surface area contributed by atoms with Gasteiger partial charge in [-0.2, -0.15) is 5.21 Å². The van der Waals surface area contributed by atoms with E-state index in [0.717, 1.165) is 0 Å². The van der Waals surface area contributed by atoms with E-state index in [1.807, 2.05) is 13.8 Å². The second kappa shape index (κ2) is 4.64. The van der Waals surface area contributed by atoms with Gasteiger partial charge in [0.05, 0.1) is 12.1 Å². The fourth-order valence-electron chi connectivity index (χ4n) is 2.05. The number of nitrogens with zero attached hydrogens (tertiary/aromatic N) is 5. The van der Waals surface area contributed by atoms with Crippen LogP contribution >= 0.6 is 0 Å². The SMILES string of the molecule is CC1(C)COCN1C(=O)c1ccc(-c2nn[nH]n2)cn1. The first-order chi connectivity index (χ1) is 9.58. The van der Waals surface area contributed by atoms with Gasteiger partial charge >= 0.3 is 0 Å². The third-order valence-electron chi connectivity index (χ3n) is 3.24. The number of hydrogen-bond acceptors (Lipinski definition) is 6. The van der Waals surface area contributed by atoms with Gasteiger partial charge in [0.2, 0.25) is 5.82 Å². The Hall–Kier alpha value is -2.35. The highest BCUT2D eigenvalue weighted by Crippen LogP contribution is 2.23. The molecule has 1 N–H and O–H groups in total. The number of amides is 1. The zero-order valence-electron chi connectivity index (χ0n) is 11.2. The van der Waals surface area contributed by atoms with Crippen LogP contribution in [0.15, 0.2) is 18.3 Å². The summed E-state index contributed by atoms with van der Waals surface area (Å²) in [6.07, 6.45) is 1.56. The summed E-state index contributed by atoms with van der Waals surface area (Å²) in [5.41, 5.74) is 0.758.